The molecule has 4 heterocycles. The summed E-state index contributed by atoms with van der Waals surface area (Å²) in [5.41, 5.74) is 1.65. The summed E-state index contributed by atoms with van der Waals surface area (Å²) in [6, 6.07) is 4.93. The third-order valence-corrected chi connectivity index (χ3v) is 9.18. The number of aromatic nitrogens is 4. The first-order valence-corrected chi connectivity index (χ1v) is 15.8. The summed E-state index contributed by atoms with van der Waals surface area (Å²) in [6.07, 6.45) is 4.98. The number of carboxylic acid groups (broad SMARTS) is 1. The molecular weight excluding hydrogens is 574 g/mol. The van der Waals surface area contributed by atoms with Crippen molar-refractivity contribution in [2.24, 2.45) is 10.9 Å². The molecule has 1 fully saturated rings. The van der Waals surface area contributed by atoms with Crippen LogP contribution >= 0.6 is 0 Å². The zero-order valence-electron chi connectivity index (χ0n) is 24.4. The van der Waals surface area contributed by atoms with Crippen molar-refractivity contribution in [1.82, 2.24) is 34.9 Å². The van der Waals surface area contributed by atoms with E-state index in [0.717, 1.165) is 18.5 Å². The van der Waals surface area contributed by atoms with Gasteiger partial charge >= 0.3 is 5.97 Å². The number of aliphatic carboxylic acids is 1. The number of anilines is 1. The SMILES string of the molecule is CC(C)(C)c1ccc(S(=O)(=O)NC(Cn2cnc3c(N4CCC(C(=O)NC5=NCCCN5)CC4)ncnc32)C(=O)O)cc1. The Balaban J connectivity index is 1.27. The fourth-order valence-corrected chi connectivity index (χ4v) is 6.35. The Morgan fingerprint density at radius 1 is 1.12 bits per heavy atom. The molecule has 1 unspecified atom stereocenters. The number of rotatable bonds is 8. The molecule has 0 bridgehead atoms. The van der Waals surface area contributed by atoms with E-state index < -0.39 is 22.0 Å². The lowest BCUT2D eigenvalue weighted by molar-refractivity contribution is -0.139. The van der Waals surface area contributed by atoms with Gasteiger partial charge in [-0.25, -0.2) is 23.4 Å². The summed E-state index contributed by atoms with van der Waals surface area (Å²) in [7, 11) is -4.12. The Bertz CT molecular complexity index is 1620. The summed E-state index contributed by atoms with van der Waals surface area (Å²) in [5.74, 6) is -0.445. The van der Waals surface area contributed by atoms with Crippen LogP contribution in [0.3, 0.4) is 0 Å². The minimum Gasteiger partial charge on any atom is -0.480 e. The van der Waals surface area contributed by atoms with Crippen molar-refractivity contribution < 1.29 is 23.1 Å². The number of hydrogen-bond donors (Lipinski definition) is 4. The monoisotopic (exact) mass is 611 g/mol. The molecule has 3 aromatic rings. The van der Waals surface area contributed by atoms with E-state index >= 15 is 0 Å². The van der Waals surface area contributed by atoms with Crippen LogP contribution < -0.4 is 20.3 Å². The van der Waals surface area contributed by atoms with Gasteiger partial charge in [-0.1, -0.05) is 32.9 Å². The van der Waals surface area contributed by atoms with Crippen LogP contribution in [0.5, 0.6) is 0 Å². The van der Waals surface area contributed by atoms with E-state index in [2.05, 4.69) is 35.3 Å². The Kier molecular flexibility index (Phi) is 8.64. The molecule has 2 aliphatic heterocycles. The summed E-state index contributed by atoms with van der Waals surface area (Å²) in [5, 5.41) is 15.9. The largest absolute Gasteiger partial charge is 0.480 e. The standard InChI is InChI=1S/C28H37N9O5S/c1-28(2,3)19-5-7-20(8-6-19)43(41,42)35-21(26(39)40)15-37-17-33-22-23(31-16-32-24(22)37)36-13-9-18(10-14-36)25(38)34-27-29-11-4-12-30-27/h5-8,16-18,21,35H,4,9-15H2,1-3H3,(H,39,40)(H2,29,30,34,38). The van der Waals surface area contributed by atoms with Crippen molar-refractivity contribution in [3.05, 3.63) is 42.5 Å². The first-order valence-electron chi connectivity index (χ1n) is 14.3. The van der Waals surface area contributed by atoms with Crippen molar-refractivity contribution in [3.8, 4) is 0 Å². The van der Waals surface area contributed by atoms with Gasteiger partial charge in [-0.05, 0) is 42.4 Å². The highest BCUT2D eigenvalue weighted by Gasteiger charge is 2.30. The minimum absolute atomic E-state index is 0.0214. The normalized spacial score (nSPS) is 17.3. The van der Waals surface area contributed by atoms with Gasteiger partial charge in [0.05, 0.1) is 17.8 Å². The topological polar surface area (TPSA) is 184 Å². The fraction of sp³-hybridized carbons (Fsp3) is 0.500. The summed E-state index contributed by atoms with van der Waals surface area (Å²) >= 11 is 0. The number of benzene rings is 1. The molecule has 2 aliphatic rings. The predicted octanol–water partition coefficient (Wildman–Crippen LogP) is 1.24. The maximum absolute atomic E-state index is 13.1. The molecule has 0 saturated carbocycles. The number of nitrogens with one attached hydrogen (secondary N) is 3. The molecule has 4 N–H and O–H groups in total. The molecule has 1 amide bonds. The lowest BCUT2D eigenvalue weighted by atomic mass is 9.87. The number of carbonyl (C=O) groups is 2. The van der Waals surface area contributed by atoms with Gasteiger partial charge in [-0.3, -0.25) is 19.9 Å². The predicted molar refractivity (Wildman–Crippen MR) is 160 cm³/mol. The molecule has 15 heteroatoms. The highest BCUT2D eigenvalue weighted by Crippen LogP contribution is 2.27. The van der Waals surface area contributed by atoms with Gasteiger partial charge in [0.25, 0.3) is 0 Å². The van der Waals surface area contributed by atoms with Gasteiger partial charge in [-0.15, -0.1) is 0 Å². The van der Waals surface area contributed by atoms with Crippen LogP contribution in [0.25, 0.3) is 11.2 Å². The molecule has 0 spiro atoms. The second-order valence-electron chi connectivity index (χ2n) is 11.8. The number of nitrogens with zero attached hydrogens (tertiary/aromatic N) is 6. The van der Waals surface area contributed by atoms with E-state index in [-0.39, 0.29) is 28.7 Å². The van der Waals surface area contributed by atoms with Gasteiger partial charge in [-0.2, -0.15) is 4.72 Å². The lowest BCUT2D eigenvalue weighted by Crippen LogP contribution is -2.48. The van der Waals surface area contributed by atoms with E-state index in [1.807, 2.05) is 25.7 Å². The Morgan fingerprint density at radius 3 is 2.47 bits per heavy atom. The first kappa shape index (κ1) is 30.4. The number of sulfonamides is 1. The summed E-state index contributed by atoms with van der Waals surface area (Å²) in [4.78, 5) is 44.4. The summed E-state index contributed by atoms with van der Waals surface area (Å²) < 4.78 is 30.0. The number of piperidine rings is 1. The maximum Gasteiger partial charge on any atom is 0.323 e. The lowest BCUT2D eigenvalue weighted by Gasteiger charge is -2.32. The average Bonchev–Trinajstić information content (AvgIpc) is 3.40. The smallest absolute Gasteiger partial charge is 0.323 e. The molecule has 230 valence electrons. The molecular formula is C28H37N9O5S. The highest BCUT2D eigenvalue weighted by molar-refractivity contribution is 7.89. The van der Waals surface area contributed by atoms with Crippen molar-refractivity contribution in [2.75, 3.05) is 31.1 Å². The number of carbonyl (C=O) groups excluding carboxylic acids is 1. The molecule has 0 aliphatic carbocycles. The van der Waals surface area contributed by atoms with E-state index in [9.17, 15) is 23.1 Å². The molecule has 1 saturated heterocycles. The highest BCUT2D eigenvalue weighted by atomic mass is 32.2. The number of carboxylic acids is 1. The molecule has 5 rings (SSSR count). The number of hydrogen-bond acceptors (Lipinski definition) is 10. The fourth-order valence-electron chi connectivity index (χ4n) is 5.17. The summed E-state index contributed by atoms with van der Waals surface area (Å²) in [6.45, 7) is 8.46. The minimum atomic E-state index is -4.12. The van der Waals surface area contributed by atoms with Crippen LogP contribution in [-0.4, -0.2) is 83.1 Å². The van der Waals surface area contributed by atoms with E-state index in [1.54, 1.807) is 12.1 Å². The van der Waals surface area contributed by atoms with E-state index in [4.69, 9.17) is 0 Å². The van der Waals surface area contributed by atoms with Gasteiger partial charge < -0.3 is 19.9 Å². The second-order valence-corrected chi connectivity index (χ2v) is 13.5. The third kappa shape index (κ3) is 6.94. The molecule has 1 atom stereocenters. The van der Waals surface area contributed by atoms with Crippen LogP contribution in [0.1, 0.15) is 45.6 Å². The van der Waals surface area contributed by atoms with Crippen LogP contribution in [0, 0.1) is 5.92 Å². The molecule has 14 nitrogen and oxygen atoms in total. The molecule has 0 radical (unpaired) electrons. The van der Waals surface area contributed by atoms with Gasteiger partial charge in [0, 0.05) is 32.1 Å². The van der Waals surface area contributed by atoms with Crippen LogP contribution in [0.2, 0.25) is 0 Å². The van der Waals surface area contributed by atoms with E-state index in [0.29, 0.717) is 55.4 Å². The van der Waals surface area contributed by atoms with Crippen molar-refractivity contribution in [2.45, 2.75) is 62.9 Å². The zero-order valence-corrected chi connectivity index (χ0v) is 25.3. The van der Waals surface area contributed by atoms with Crippen molar-refractivity contribution in [3.63, 3.8) is 0 Å². The third-order valence-electron chi connectivity index (χ3n) is 7.69. The van der Waals surface area contributed by atoms with Crippen LogP contribution in [0.4, 0.5) is 5.82 Å². The maximum atomic E-state index is 13.1. The van der Waals surface area contributed by atoms with Gasteiger partial charge in [0.2, 0.25) is 15.9 Å². The van der Waals surface area contributed by atoms with E-state index in [1.165, 1.54) is 29.4 Å². The molecule has 1 aromatic carbocycles. The van der Waals surface area contributed by atoms with Gasteiger partial charge in [0.1, 0.15) is 12.4 Å². The first-order chi connectivity index (χ1) is 20.4. The number of amides is 1. The molecule has 2 aromatic heterocycles. The Labute approximate surface area is 250 Å². The second kappa shape index (κ2) is 12.2. The zero-order chi connectivity index (χ0) is 30.8. The quantitative estimate of drug-likeness (QED) is 0.289. The Hall–Kier alpha value is -4.11. The van der Waals surface area contributed by atoms with Crippen LogP contribution in [-0.2, 0) is 31.6 Å². The molecule has 43 heavy (non-hydrogen) atoms. The average molecular weight is 612 g/mol. The number of guanidine groups is 1. The van der Waals surface area contributed by atoms with Gasteiger partial charge in [0.15, 0.2) is 22.9 Å². The van der Waals surface area contributed by atoms with Crippen molar-refractivity contribution >= 4 is 44.8 Å². The number of aliphatic imine (C=N–C) groups is 1. The van der Waals surface area contributed by atoms with Crippen molar-refractivity contribution in [1.29, 1.82) is 0 Å². The Morgan fingerprint density at radius 2 is 1.84 bits per heavy atom. The number of imidazole rings is 1. The van der Waals surface area contributed by atoms with Crippen LogP contribution in [0.15, 0.2) is 46.8 Å². The number of fused-ring (bicyclic) bond motifs is 1.